The van der Waals surface area contributed by atoms with E-state index < -0.39 is 0 Å². The van der Waals surface area contributed by atoms with Gasteiger partial charge < -0.3 is 10.1 Å². The molecule has 1 N–H and O–H groups in total. The fraction of sp³-hybridized carbons (Fsp3) is 0.250. The SMILES string of the molecule is C=C(Cl)CNC(=O)c1ccc2c(c1)CCO2. The maximum atomic E-state index is 11.7. The fourth-order valence-corrected chi connectivity index (χ4v) is 1.67. The molecular formula is C12H12ClNO2. The summed E-state index contributed by atoms with van der Waals surface area (Å²) in [5.74, 6) is 0.731. The van der Waals surface area contributed by atoms with Crippen molar-refractivity contribution >= 4 is 17.5 Å². The smallest absolute Gasteiger partial charge is 0.251 e. The molecule has 1 aliphatic rings. The largest absolute Gasteiger partial charge is 0.493 e. The van der Waals surface area contributed by atoms with Crippen molar-refractivity contribution in [3.05, 3.63) is 40.9 Å². The Hall–Kier alpha value is -1.48. The zero-order valence-electron chi connectivity index (χ0n) is 8.75. The number of fused-ring (bicyclic) bond motifs is 1. The lowest BCUT2D eigenvalue weighted by Gasteiger charge is -2.05. The van der Waals surface area contributed by atoms with E-state index in [-0.39, 0.29) is 12.5 Å². The predicted octanol–water partition coefficient (Wildman–Crippen LogP) is 2.10. The molecule has 0 radical (unpaired) electrons. The second kappa shape index (κ2) is 4.58. The minimum Gasteiger partial charge on any atom is -0.493 e. The minimum atomic E-state index is -0.142. The third kappa shape index (κ3) is 2.36. The molecule has 0 unspecified atom stereocenters. The highest BCUT2D eigenvalue weighted by atomic mass is 35.5. The molecule has 2 rings (SSSR count). The van der Waals surface area contributed by atoms with Crippen LogP contribution < -0.4 is 10.1 Å². The number of benzene rings is 1. The molecule has 1 amide bonds. The standard InChI is InChI=1S/C12H12ClNO2/c1-8(13)7-14-12(15)10-2-3-11-9(6-10)4-5-16-11/h2-3,6H,1,4-5,7H2,(H,14,15). The van der Waals surface area contributed by atoms with Crippen molar-refractivity contribution in [3.63, 3.8) is 0 Å². The number of halogens is 1. The maximum absolute atomic E-state index is 11.7. The van der Waals surface area contributed by atoms with Crippen LogP contribution in [0.3, 0.4) is 0 Å². The van der Waals surface area contributed by atoms with Crippen molar-refractivity contribution in [1.82, 2.24) is 5.32 Å². The Labute approximate surface area is 99.1 Å². The van der Waals surface area contributed by atoms with E-state index >= 15 is 0 Å². The van der Waals surface area contributed by atoms with E-state index in [9.17, 15) is 4.79 Å². The van der Waals surface area contributed by atoms with E-state index in [0.29, 0.717) is 17.2 Å². The molecule has 1 heterocycles. The van der Waals surface area contributed by atoms with Gasteiger partial charge in [0.1, 0.15) is 5.75 Å². The molecule has 0 atom stereocenters. The van der Waals surface area contributed by atoms with Crippen LogP contribution in [0.2, 0.25) is 0 Å². The topological polar surface area (TPSA) is 38.3 Å². The average molecular weight is 238 g/mol. The van der Waals surface area contributed by atoms with Crippen LogP contribution in [-0.2, 0) is 6.42 Å². The van der Waals surface area contributed by atoms with Gasteiger partial charge in [0.05, 0.1) is 13.2 Å². The average Bonchev–Trinajstić information content (AvgIpc) is 2.72. The van der Waals surface area contributed by atoms with Crippen LogP contribution in [-0.4, -0.2) is 19.1 Å². The molecule has 4 heteroatoms. The van der Waals surface area contributed by atoms with Crippen LogP contribution in [0.1, 0.15) is 15.9 Å². The van der Waals surface area contributed by atoms with Crippen molar-refractivity contribution in [2.24, 2.45) is 0 Å². The Bertz CT molecular complexity index is 443. The third-order valence-corrected chi connectivity index (χ3v) is 2.53. The monoisotopic (exact) mass is 237 g/mol. The summed E-state index contributed by atoms with van der Waals surface area (Å²) in [4.78, 5) is 11.7. The second-order valence-electron chi connectivity index (χ2n) is 3.62. The first kappa shape index (κ1) is 11.0. The summed E-state index contributed by atoms with van der Waals surface area (Å²) in [5.41, 5.74) is 1.71. The second-order valence-corrected chi connectivity index (χ2v) is 4.16. The van der Waals surface area contributed by atoms with Crippen molar-refractivity contribution < 1.29 is 9.53 Å². The lowest BCUT2D eigenvalue weighted by atomic mass is 10.1. The van der Waals surface area contributed by atoms with Gasteiger partial charge in [0, 0.05) is 17.0 Å². The minimum absolute atomic E-state index is 0.142. The number of ether oxygens (including phenoxy) is 1. The number of carbonyl (C=O) groups excluding carboxylic acids is 1. The molecule has 3 nitrogen and oxygen atoms in total. The van der Waals surface area contributed by atoms with Gasteiger partial charge in [0.15, 0.2) is 0 Å². The molecule has 84 valence electrons. The highest BCUT2D eigenvalue weighted by Crippen LogP contribution is 2.25. The Balaban J connectivity index is 2.09. The number of nitrogens with one attached hydrogen (secondary N) is 1. The number of hydrogen-bond donors (Lipinski definition) is 1. The number of amides is 1. The summed E-state index contributed by atoms with van der Waals surface area (Å²) in [5, 5.41) is 3.09. The maximum Gasteiger partial charge on any atom is 0.251 e. The summed E-state index contributed by atoms with van der Waals surface area (Å²) in [6.07, 6.45) is 0.860. The van der Waals surface area contributed by atoms with Crippen LogP contribution in [0, 0.1) is 0 Å². The summed E-state index contributed by atoms with van der Waals surface area (Å²) in [6, 6.07) is 5.43. The van der Waals surface area contributed by atoms with E-state index in [1.54, 1.807) is 6.07 Å². The Kier molecular flexibility index (Phi) is 3.15. The quantitative estimate of drug-likeness (QED) is 0.875. The van der Waals surface area contributed by atoms with Crippen molar-refractivity contribution in [3.8, 4) is 5.75 Å². The predicted molar refractivity (Wildman–Crippen MR) is 63.0 cm³/mol. The van der Waals surface area contributed by atoms with Gasteiger partial charge in [0.2, 0.25) is 0 Å². The summed E-state index contributed by atoms with van der Waals surface area (Å²) >= 11 is 5.57. The summed E-state index contributed by atoms with van der Waals surface area (Å²) in [6.45, 7) is 4.49. The summed E-state index contributed by atoms with van der Waals surface area (Å²) in [7, 11) is 0. The normalized spacial score (nSPS) is 12.8. The van der Waals surface area contributed by atoms with Gasteiger partial charge in [-0.2, -0.15) is 0 Å². The van der Waals surface area contributed by atoms with Gasteiger partial charge in [-0.1, -0.05) is 18.2 Å². The van der Waals surface area contributed by atoms with Crippen LogP contribution in [0.15, 0.2) is 29.8 Å². The van der Waals surface area contributed by atoms with Crippen LogP contribution in [0.5, 0.6) is 5.75 Å². The number of carbonyl (C=O) groups is 1. The molecule has 0 spiro atoms. The van der Waals surface area contributed by atoms with E-state index in [2.05, 4.69) is 11.9 Å². The fourth-order valence-electron chi connectivity index (χ4n) is 1.61. The number of rotatable bonds is 3. The van der Waals surface area contributed by atoms with Crippen molar-refractivity contribution in [2.75, 3.05) is 13.2 Å². The molecule has 1 aliphatic heterocycles. The molecule has 0 saturated heterocycles. The lowest BCUT2D eigenvalue weighted by Crippen LogP contribution is -2.24. The molecule has 0 fully saturated rings. The van der Waals surface area contributed by atoms with Crippen molar-refractivity contribution in [1.29, 1.82) is 0 Å². The van der Waals surface area contributed by atoms with E-state index in [1.807, 2.05) is 12.1 Å². The first-order chi connectivity index (χ1) is 7.66. The first-order valence-electron chi connectivity index (χ1n) is 5.04. The van der Waals surface area contributed by atoms with Gasteiger partial charge in [-0.15, -0.1) is 0 Å². The first-order valence-corrected chi connectivity index (χ1v) is 5.42. The molecule has 0 bridgehead atoms. The molecule has 1 aromatic carbocycles. The van der Waals surface area contributed by atoms with Crippen LogP contribution in [0.4, 0.5) is 0 Å². The molecule has 0 saturated carbocycles. The van der Waals surface area contributed by atoms with Gasteiger partial charge in [0.25, 0.3) is 5.91 Å². The lowest BCUT2D eigenvalue weighted by molar-refractivity contribution is 0.0957. The number of hydrogen-bond acceptors (Lipinski definition) is 2. The zero-order valence-corrected chi connectivity index (χ0v) is 9.51. The van der Waals surface area contributed by atoms with Gasteiger partial charge in [-0.3, -0.25) is 4.79 Å². The third-order valence-electron chi connectivity index (χ3n) is 2.39. The Morgan fingerprint density at radius 1 is 1.56 bits per heavy atom. The zero-order chi connectivity index (χ0) is 11.5. The molecule has 1 aromatic rings. The van der Waals surface area contributed by atoms with E-state index in [0.717, 1.165) is 17.7 Å². The van der Waals surface area contributed by atoms with Gasteiger partial charge in [-0.05, 0) is 23.8 Å². The highest BCUT2D eigenvalue weighted by Gasteiger charge is 2.14. The van der Waals surface area contributed by atoms with Gasteiger partial charge >= 0.3 is 0 Å². The molecular weight excluding hydrogens is 226 g/mol. The summed E-state index contributed by atoms with van der Waals surface area (Å²) < 4.78 is 5.36. The van der Waals surface area contributed by atoms with Crippen LogP contribution >= 0.6 is 11.6 Å². The Morgan fingerprint density at radius 3 is 3.12 bits per heavy atom. The van der Waals surface area contributed by atoms with Gasteiger partial charge in [-0.25, -0.2) is 0 Å². The Morgan fingerprint density at radius 2 is 2.38 bits per heavy atom. The molecule has 0 aliphatic carbocycles. The molecule has 0 aromatic heterocycles. The van der Waals surface area contributed by atoms with E-state index in [4.69, 9.17) is 16.3 Å². The van der Waals surface area contributed by atoms with E-state index in [1.165, 1.54) is 0 Å². The highest BCUT2D eigenvalue weighted by molar-refractivity contribution is 6.29. The van der Waals surface area contributed by atoms with Crippen LogP contribution in [0.25, 0.3) is 0 Å². The molecule has 16 heavy (non-hydrogen) atoms. The van der Waals surface area contributed by atoms with Crippen molar-refractivity contribution in [2.45, 2.75) is 6.42 Å².